The molecule has 1 heterocycles. The predicted molar refractivity (Wildman–Crippen MR) is 52.0 cm³/mol. The molecule has 2 heteroatoms. The summed E-state index contributed by atoms with van der Waals surface area (Å²) in [5.41, 5.74) is 5.09. The van der Waals surface area contributed by atoms with E-state index in [9.17, 15) is 0 Å². The molecule has 1 aromatic rings. The lowest BCUT2D eigenvalue weighted by Crippen LogP contribution is -2.26. The Balaban J connectivity index is 2.53. The highest BCUT2D eigenvalue weighted by molar-refractivity contribution is 6.32. The standard InChI is InChI=1S/C10H12BN/c1-7-4-9(11)5-8-6-12-3-2-10(7)8/h4-5,12H,2-3,6H2,1H3. The highest BCUT2D eigenvalue weighted by Crippen LogP contribution is 2.15. The Bertz CT molecular complexity index is 307. The SMILES string of the molecule is [B]c1cc(C)c2c(c1)CNCC2. The van der Waals surface area contributed by atoms with Crippen molar-refractivity contribution in [2.75, 3.05) is 6.54 Å². The van der Waals surface area contributed by atoms with Gasteiger partial charge in [0, 0.05) is 6.54 Å². The number of hydrogen-bond donors (Lipinski definition) is 1. The average molecular weight is 157 g/mol. The first kappa shape index (κ1) is 7.87. The van der Waals surface area contributed by atoms with Gasteiger partial charge in [0.1, 0.15) is 7.85 Å². The van der Waals surface area contributed by atoms with Crippen LogP contribution >= 0.6 is 0 Å². The van der Waals surface area contributed by atoms with Crippen molar-refractivity contribution in [1.29, 1.82) is 0 Å². The molecule has 0 spiro atoms. The van der Waals surface area contributed by atoms with Crippen LogP contribution < -0.4 is 10.8 Å². The van der Waals surface area contributed by atoms with Crippen LogP contribution in [0.1, 0.15) is 16.7 Å². The van der Waals surface area contributed by atoms with E-state index >= 15 is 0 Å². The quantitative estimate of drug-likeness (QED) is 0.538. The third kappa shape index (κ3) is 1.27. The maximum Gasteiger partial charge on any atom is 0.113 e. The van der Waals surface area contributed by atoms with Crippen molar-refractivity contribution < 1.29 is 0 Å². The molecule has 2 rings (SSSR count). The summed E-state index contributed by atoms with van der Waals surface area (Å²) >= 11 is 0. The highest BCUT2D eigenvalue weighted by atomic mass is 14.9. The number of nitrogens with one attached hydrogen (secondary N) is 1. The van der Waals surface area contributed by atoms with Crippen molar-refractivity contribution >= 4 is 13.3 Å². The maximum absolute atomic E-state index is 5.75. The van der Waals surface area contributed by atoms with Crippen molar-refractivity contribution in [3.8, 4) is 0 Å². The molecular formula is C10H12BN. The Morgan fingerprint density at radius 2 is 2.25 bits per heavy atom. The third-order valence-electron chi connectivity index (χ3n) is 2.45. The normalized spacial score (nSPS) is 15.8. The molecule has 1 aromatic carbocycles. The molecule has 1 aliphatic rings. The molecule has 1 aliphatic heterocycles. The topological polar surface area (TPSA) is 12.0 Å². The number of rotatable bonds is 0. The summed E-state index contributed by atoms with van der Waals surface area (Å²) in [4.78, 5) is 0. The Kier molecular flexibility index (Phi) is 1.93. The monoisotopic (exact) mass is 157 g/mol. The molecule has 0 atom stereocenters. The second kappa shape index (κ2) is 2.94. The van der Waals surface area contributed by atoms with Crippen molar-refractivity contribution in [2.45, 2.75) is 19.9 Å². The Morgan fingerprint density at radius 1 is 1.42 bits per heavy atom. The minimum Gasteiger partial charge on any atom is -0.312 e. The lowest BCUT2D eigenvalue weighted by molar-refractivity contribution is 0.642. The van der Waals surface area contributed by atoms with Crippen LogP contribution in [0.15, 0.2) is 12.1 Å². The zero-order valence-electron chi connectivity index (χ0n) is 7.35. The summed E-state index contributed by atoms with van der Waals surface area (Å²) < 4.78 is 0. The van der Waals surface area contributed by atoms with Crippen LogP contribution in [0, 0.1) is 6.92 Å². The van der Waals surface area contributed by atoms with Gasteiger partial charge >= 0.3 is 0 Å². The van der Waals surface area contributed by atoms with Crippen LogP contribution in [-0.4, -0.2) is 14.4 Å². The van der Waals surface area contributed by atoms with Crippen molar-refractivity contribution in [3.05, 3.63) is 28.8 Å². The molecule has 0 fully saturated rings. The van der Waals surface area contributed by atoms with Crippen LogP contribution in [0.2, 0.25) is 0 Å². The third-order valence-corrected chi connectivity index (χ3v) is 2.45. The summed E-state index contributed by atoms with van der Waals surface area (Å²) in [5, 5.41) is 3.34. The number of benzene rings is 1. The summed E-state index contributed by atoms with van der Waals surface area (Å²) in [7, 11) is 5.75. The molecule has 1 N–H and O–H groups in total. The van der Waals surface area contributed by atoms with Gasteiger partial charge in [-0.2, -0.15) is 0 Å². The van der Waals surface area contributed by atoms with Gasteiger partial charge in [-0.3, -0.25) is 0 Å². The number of hydrogen-bond acceptors (Lipinski definition) is 1. The van der Waals surface area contributed by atoms with Crippen LogP contribution in [-0.2, 0) is 13.0 Å². The Morgan fingerprint density at radius 3 is 3.08 bits per heavy atom. The van der Waals surface area contributed by atoms with Crippen LogP contribution in [0.3, 0.4) is 0 Å². The van der Waals surface area contributed by atoms with E-state index in [0.29, 0.717) is 0 Å². The molecule has 60 valence electrons. The molecule has 0 aromatic heterocycles. The fourth-order valence-electron chi connectivity index (χ4n) is 1.87. The van der Waals surface area contributed by atoms with Crippen molar-refractivity contribution in [2.24, 2.45) is 0 Å². The predicted octanol–water partition coefficient (Wildman–Crippen LogP) is 0.435. The first-order chi connectivity index (χ1) is 5.77. The van der Waals surface area contributed by atoms with E-state index < -0.39 is 0 Å². The molecule has 0 amide bonds. The summed E-state index contributed by atoms with van der Waals surface area (Å²) in [5.74, 6) is 0. The van der Waals surface area contributed by atoms with E-state index in [1.54, 1.807) is 0 Å². The summed E-state index contributed by atoms with van der Waals surface area (Å²) in [6.45, 7) is 4.21. The van der Waals surface area contributed by atoms with Crippen molar-refractivity contribution in [1.82, 2.24) is 5.32 Å². The van der Waals surface area contributed by atoms with Gasteiger partial charge in [0.05, 0.1) is 0 Å². The first-order valence-electron chi connectivity index (χ1n) is 4.36. The second-order valence-electron chi connectivity index (χ2n) is 3.40. The molecule has 0 saturated heterocycles. The zero-order valence-corrected chi connectivity index (χ0v) is 7.35. The molecule has 2 radical (unpaired) electrons. The van der Waals surface area contributed by atoms with Gasteiger partial charge in [-0.1, -0.05) is 17.6 Å². The minimum atomic E-state index is 0.884. The minimum absolute atomic E-state index is 0.884. The van der Waals surface area contributed by atoms with Crippen LogP contribution in [0.25, 0.3) is 0 Å². The van der Waals surface area contributed by atoms with Gasteiger partial charge in [0.15, 0.2) is 0 Å². The van der Waals surface area contributed by atoms with E-state index in [0.717, 1.165) is 25.0 Å². The van der Waals surface area contributed by atoms with E-state index in [1.165, 1.54) is 16.7 Å². The highest BCUT2D eigenvalue weighted by Gasteiger charge is 2.10. The van der Waals surface area contributed by atoms with E-state index in [4.69, 9.17) is 7.85 Å². The second-order valence-corrected chi connectivity index (χ2v) is 3.40. The molecule has 1 nitrogen and oxygen atoms in total. The summed E-state index contributed by atoms with van der Waals surface area (Å²) in [6.07, 6.45) is 1.14. The van der Waals surface area contributed by atoms with Gasteiger partial charge in [-0.15, -0.1) is 0 Å². The van der Waals surface area contributed by atoms with E-state index in [1.807, 2.05) is 0 Å². The summed E-state index contributed by atoms with van der Waals surface area (Å²) in [6, 6.07) is 4.14. The lowest BCUT2D eigenvalue weighted by Gasteiger charge is -2.19. The molecule has 12 heavy (non-hydrogen) atoms. The van der Waals surface area contributed by atoms with E-state index in [2.05, 4.69) is 24.4 Å². The Hall–Kier alpha value is -0.755. The van der Waals surface area contributed by atoms with Gasteiger partial charge < -0.3 is 5.32 Å². The first-order valence-corrected chi connectivity index (χ1v) is 4.36. The van der Waals surface area contributed by atoms with Gasteiger partial charge in [-0.25, -0.2) is 0 Å². The number of fused-ring (bicyclic) bond motifs is 1. The average Bonchev–Trinajstić information content (AvgIpc) is 2.04. The van der Waals surface area contributed by atoms with Gasteiger partial charge in [-0.05, 0) is 36.6 Å². The van der Waals surface area contributed by atoms with Crippen LogP contribution in [0.5, 0.6) is 0 Å². The molecule has 0 saturated carbocycles. The largest absolute Gasteiger partial charge is 0.312 e. The smallest absolute Gasteiger partial charge is 0.113 e. The van der Waals surface area contributed by atoms with E-state index in [-0.39, 0.29) is 0 Å². The van der Waals surface area contributed by atoms with Crippen LogP contribution in [0.4, 0.5) is 0 Å². The molecule has 0 bridgehead atoms. The fraction of sp³-hybridized carbons (Fsp3) is 0.400. The van der Waals surface area contributed by atoms with Crippen molar-refractivity contribution in [3.63, 3.8) is 0 Å². The maximum atomic E-state index is 5.75. The fourth-order valence-corrected chi connectivity index (χ4v) is 1.87. The molecule has 0 unspecified atom stereocenters. The number of aryl methyl sites for hydroxylation is 1. The van der Waals surface area contributed by atoms with Gasteiger partial charge in [0.2, 0.25) is 0 Å². The molecular weight excluding hydrogens is 145 g/mol. The Labute approximate surface area is 74.6 Å². The lowest BCUT2D eigenvalue weighted by atomic mass is 9.87. The molecule has 0 aliphatic carbocycles. The van der Waals surface area contributed by atoms with Gasteiger partial charge in [0.25, 0.3) is 0 Å². The zero-order chi connectivity index (χ0) is 8.55.